The van der Waals surface area contributed by atoms with Crippen LogP contribution in [0.5, 0.6) is 0 Å². The van der Waals surface area contributed by atoms with E-state index in [4.69, 9.17) is 5.11 Å². The third-order valence-corrected chi connectivity index (χ3v) is 2.82. The standard InChI is InChI=1S/C13H20FNO2/c1-9-7-13(15(3)5-4-6-16)11(10(2)17)8-12(9)14/h7-8,10,16-17H,4-6H2,1-3H3/t10-/m1/s1. The van der Waals surface area contributed by atoms with Gasteiger partial charge in [-0.25, -0.2) is 4.39 Å². The molecular formula is C13H20FNO2. The highest BCUT2D eigenvalue weighted by Gasteiger charge is 2.14. The second-order valence-electron chi connectivity index (χ2n) is 4.33. The average molecular weight is 241 g/mol. The molecule has 0 radical (unpaired) electrons. The van der Waals surface area contributed by atoms with E-state index in [0.29, 0.717) is 24.1 Å². The molecule has 1 atom stereocenters. The van der Waals surface area contributed by atoms with Gasteiger partial charge in [0, 0.05) is 31.5 Å². The smallest absolute Gasteiger partial charge is 0.126 e. The fourth-order valence-electron chi connectivity index (χ4n) is 1.78. The van der Waals surface area contributed by atoms with Crippen LogP contribution in [0.25, 0.3) is 0 Å². The normalized spacial score (nSPS) is 12.6. The number of aryl methyl sites for hydroxylation is 1. The Hall–Kier alpha value is -1.13. The number of benzene rings is 1. The Balaban J connectivity index is 3.07. The van der Waals surface area contributed by atoms with E-state index < -0.39 is 6.10 Å². The van der Waals surface area contributed by atoms with Gasteiger partial charge < -0.3 is 15.1 Å². The monoisotopic (exact) mass is 241 g/mol. The summed E-state index contributed by atoms with van der Waals surface area (Å²) in [6, 6.07) is 3.11. The third kappa shape index (κ3) is 3.41. The number of hydrogen-bond donors (Lipinski definition) is 2. The summed E-state index contributed by atoms with van der Waals surface area (Å²) in [5, 5.41) is 18.5. The number of nitrogens with zero attached hydrogens (tertiary/aromatic N) is 1. The maximum atomic E-state index is 13.5. The minimum atomic E-state index is -0.711. The molecule has 3 nitrogen and oxygen atoms in total. The van der Waals surface area contributed by atoms with Crippen molar-refractivity contribution in [2.45, 2.75) is 26.4 Å². The van der Waals surface area contributed by atoms with E-state index in [1.165, 1.54) is 6.07 Å². The van der Waals surface area contributed by atoms with Crippen molar-refractivity contribution in [2.24, 2.45) is 0 Å². The summed E-state index contributed by atoms with van der Waals surface area (Å²) in [5.41, 5.74) is 1.95. The number of rotatable bonds is 5. The molecular weight excluding hydrogens is 221 g/mol. The maximum Gasteiger partial charge on any atom is 0.126 e. The van der Waals surface area contributed by atoms with Gasteiger partial charge in [0.1, 0.15) is 5.82 Å². The van der Waals surface area contributed by atoms with Gasteiger partial charge in [0.15, 0.2) is 0 Å². The molecule has 1 aromatic rings. The highest BCUT2D eigenvalue weighted by molar-refractivity contribution is 5.56. The van der Waals surface area contributed by atoms with Crippen molar-refractivity contribution in [1.29, 1.82) is 0 Å². The Labute approximate surface area is 101 Å². The fourth-order valence-corrected chi connectivity index (χ4v) is 1.78. The van der Waals surface area contributed by atoms with Crippen molar-refractivity contribution in [1.82, 2.24) is 0 Å². The zero-order chi connectivity index (χ0) is 13.0. The van der Waals surface area contributed by atoms with Crippen molar-refractivity contribution in [3.05, 3.63) is 29.1 Å². The summed E-state index contributed by atoms with van der Waals surface area (Å²) in [6.07, 6.45) is -0.0664. The summed E-state index contributed by atoms with van der Waals surface area (Å²) in [4.78, 5) is 1.92. The largest absolute Gasteiger partial charge is 0.396 e. The van der Waals surface area contributed by atoms with E-state index in [2.05, 4.69) is 0 Å². The van der Waals surface area contributed by atoms with E-state index in [1.807, 2.05) is 11.9 Å². The molecule has 17 heavy (non-hydrogen) atoms. The van der Waals surface area contributed by atoms with Crippen LogP contribution >= 0.6 is 0 Å². The van der Waals surface area contributed by atoms with Gasteiger partial charge in [-0.2, -0.15) is 0 Å². The van der Waals surface area contributed by atoms with Crippen LogP contribution in [0.1, 0.15) is 30.6 Å². The van der Waals surface area contributed by atoms with E-state index in [1.54, 1.807) is 19.9 Å². The number of anilines is 1. The second kappa shape index (κ2) is 5.98. The lowest BCUT2D eigenvalue weighted by Gasteiger charge is -2.24. The van der Waals surface area contributed by atoms with Crippen molar-refractivity contribution < 1.29 is 14.6 Å². The van der Waals surface area contributed by atoms with Gasteiger partial charge in [0.2, 0.25) is 0 Å². The molecule has 96 valence electrons. The van der Waals surface area contributed by atoms with Crippen LogP contribution in [0.2, 0.25) is 0 Å². The van der Waals surface area contributed by atoms with E-state index in [-0.39, 0.29) is 12.4 Å². The Morgan fingerprint density at radius 3 is 2.59 bits per heavy atom. The quantitative estimate of drug-likeness (QED) is 0.828. The van der Waals surface area contributed by atoms with Gasteiger partial charge in [-0.05, 0) is 38.0 Å². The van der Waals surface area contributed by atoms with Crippen LogP contribution in [0.4, 0.5) is 10.1 Å². The molecule has 0 saturated carbocycles. The molecule has 0 aliphatic heterocycles. The van der Waals surface area contributed by atoms with Crippen LogP contribution in [0.15, 0.2) is 12.1 Å². The van der Waals surface area contributed by atoms with Crippen molar-refractivity contribution in [2.75, 3.05) is 25.1 Å². The predicted octanol–water partition coefficient (Wildman–Crippen LogP) is 2.01. The van der Waals surface area contributed by atoms with Crippen LogP contribution in [0, 0.1) is 12.7 Å². The van der Waals surface area contributed by atoms with Gasteiger partial charge in [-0.15, -0.1) is 0 Å². The number of hydrogen-bond acceptors (Lipinski definition) is 3. The molecule has 0 unspecified atom stereocenters. The molecule has 0 heterocycles. The average Bonchev–Trinajstić information content (AvgIpc) is 2.28. The molecule has 2 N–H and O–H groups in total. The molecule has 0 fully saturated rings. The molecule has 0 aliphatic carbocycles. The first-order valence-corrected chi connectivity index (χ1v) is 5.77. The van der Waals surface area contributed by atoms with Crippen LogP contribution in [0.3, 0.4) is 0 Å². The zero-order valence-corrected chi connectivity index (χ0v) is 10.6. The summed E-state index contributed by atoms with van der Waals surface area (Å²) in [6.45, 7) is 4.11. The minimum absolute atomic E-state index is 0.120. The third-order valence-electron chi connectivity index (χ3n) is 2.82. The van der Waals surface area contributed by atoms with Gasteiger partial charge in [-0.1, -0.05) is 0 Å². The predicted molar refractivity (Wildman–Crippen MR) is 66.7 cm³/mol. The van der Waals surface area contributed by atoms with E-state index in [9.17, 15) is 9.50 Å². The Kier molecular flexibility index (Phi) is 4.90. The zero-order valence-electron chi connectivity index (χ0n) is 10.6. The van der Waals surface area contributed by atoms with E-state index >= 15 is 0 Å². The van der Waals surface area contributed by atoms with Crippen LogP contribution < -0.4 is 4.90 Å². The minimum Gasteiger partial charge on any atom is -0.396 e. The second-order valence-corrected chi connectivity index (χ2v) is 4.33. The lowest BCUT2D eigenvalue weighted by Crippen LogP contribution is -2.21. The van der Waals surface area contributed by atoms with Crippen molar-refractivity contribution in [3.63, 3.8) is 0 Å². The van der Waals surface area contributed by atoms with Crippen LogP contribution in [-0.4, -0.2) is 30.4 Å². The number of aliphatic hydroxyl groups is 2. The van der Waals surface area contributed by atoms with Crippen molar-refractivity contribution >= 4 is 5.69 Å². The Morgan fingerprint density at radius 2 is 2.06 bits per heavy atom. The van der Waals surface area contributed by atoms with Gasteiger partial charge in [0.05, 0.1) is 6.10 Å². The fraction of sp³-hybridized carbons (Fsp3) is 0.538. The molecule has 0 spiro atoms. The number of aliphatic hydroxyl groups excluding tert-OH is 2. The molecule has 0 aliphatic rings. The molecule has 0 saturated heterocycles. The lowest BCUT2D eigenvalue weighted by molar-refractivity contribution is 0.199. The molecule has 1 aromatic carbocycles. The maximum absolute atomic E-state index is 13.5. The topological polar surface area (TPSA) is 43.7 Å². The molecule has 1 rings (SSSR count). The summed E-state index contributed by atoms with van der Waals surface area (Å²) < 4.78 is 13.5. The first-order valence-electron chi connectivity index (χ1n) is 5.77. The molecule has 0 bridgehead atoms. The Bertz CT molecular complexity index is 380. The molecule has 0 amide bonds. The summed E-state index contributed by atoms with van der Waals surface area (Å²) >= 11 is 0. The SMILES string of the molecule is Cc1cc(N(C)CCCO)c([C@@H](C)O)cc1F. The molecule has 0 aromatic heterocycles. The lowest BCUT2D eigenvalue weighted by atomic mass is 10.0. The first kappa shape index (κ1) is 13.9. The summed E-state index contributed by atoms with van der Waals surface area (Å²) in [7, 11) is 1.87. The van der Waals surface area contributed by atoms with E-state index in [0.717, 1.165) is 5.69 Å². The number of halogens is 1. The molecule has 4 heteroatoms. The van der Waals surface area contributed by atoms with Gasteiger partial charge in [0.25, 0.3) is 0 Å². The Morgan fingerprint density at radius 1 is 1.41 bits per heavy atom. The van der Waals surface area contributed by atoms with Crippen LogP contribution in [-0.2, 0) is 0 Å². The highest BCUT2D eigenvalue weighted by atomic mass is 19.1. The summed E-state index contributed by atoms with van der Waals surface area (Å²) in [5.74, 6) is -0.305. The highest BCUT2D eigenvalue weighted by Crippen LogP contribution is 2.28. The first-order chi connectivity index (χ1) is 7.97. The van der Waals surface area contributed by atoms with Gasteiger partial charge in [-0.3, -0.25) is 0 Å². The van der Waals surface area contributed by atoms with Crippen molar-refractivity contribution in [3.8, 4) is 0 Å². The van der Waals surface area contributed by atoms with Gasteiger partial charge >= 0.3 is 0 Å².